The van der Waals surface area contributed by atoms with Crippen LogP contribution in [-0.4, -0.2) is 30.9 Å². The molecule has 0 fully saturated rings. The third-order valence-corrected chi connectivity index (χ3v) is 2.35. The van der Waals surface area contributed by atoms with E-state index in [4.69, 9.17) is 5.73 Å². The van der Waals surface area contributed by atoms with E-state index in [1.54, 1.807) is 4.90 Å². The maximum absolute atomic E-state index is 11.6. The smallest absolute Gasteiger partial charge is 0.222 e. The molecule has 14 heavy (non-hydrogen) atoms. The first-order chi connectivity index (χ1) is 6.47. The summed E-state index contributed by atoms with van der Waals surface area (Å²) in [6.07, 6.45) is 1.63. The summed E-state index contributed by atoms with van der Waals surface area (Å²) in [5.74, 6) is 1.22. The molecule has 0 aromatic heterocycles. The summed E-state index contributed by atoms with van der Waals surface area (Å²) in [7, 11) is 1.86. The van der Waals surface area contributed by atoms with E-state index in [0.717, 1.165) is 13.0 Å². The number of nitrogens with zero attached hydrogens (tertiary/aromatic N) is 1. The SMILES string of the molecule is CC(C)CCC(=O)N(C)CC(C)CN. The molecule has 1 unspecified atom stereocenters. The van der Waals surface area contributed by atoms with Gasteiger partial charge in [-0.1, -0.05) is 20.8 Å². The van der Waals surface area contributed by atoms with Gasteiger partial charge in [0.15, 0.2) is 0 Å². The van der Waals surface area contributed by atoms with E-state index in [0.29, 0.717) is 24.8 Å². The predicted octanol–water partition coefficient (Wildman–Crippen LogP) is 1.48. The number of hydrogen-bond acceptors (Lipinski definition) is 2. The fourth-order valence-corrected chi connectivity index (χ4v) is 1.25. The Morgan fingerprint density at radius 2 is 1.93 bits per heavy atom. The molecule has 84 valence electrons. The topological polar surface area (TPSA) is 46.3 Å². The van der Waals surface area contributed by atoms with Crippen molar-refractivity contribution in [2.24, 2.45) is 17.6 Å². The fraction of sp³-hybridized carbons (Fsp3) is 0.909. The van der Waals surface area contributed by atoms with Crippen LogP contribution in [0.4, 0.5) is 0 Å². The molecule has 0 bridgehead atoms. The second-order valence-corrected chi connectivity index (χ2v) is 4.55. The minimum Gasteiger partial charge on any atom is -0.345 e. The molecule has 1 amide bonds. The highest BCUT2D eigenvalue weighted by atomic mass is 16.2. The minimum atomic E-state index is 0.235. The van der Waals surface area contributed by atoms with Crippen molar-refractivity contribution in [3.05, 3.63) is 0 Å². The van der Waals surface area contributed by atoms with Crippen molar-refractivity contribution < 1.29 is 4.79 Å². The molecule has 0 aliphatic rings. The third-order valence-electron chi connectivity index (χ3n) is 2.35. The summed E-state index contributed by atoms with van der Waals surface area (Å²) < 4.78 is 0. The van der Waals surface area contributed by atoms with Crippen LogP contribution in [0, 0.1) is 11.8 Å². The lowest BCUT2D eigenvalue weighted by molar-refractivity contribution is -0.130. The zero-order valence-electron chi connectivity index (χ0n) is 9.92. The molecule has 1 atom stereocenters. The summed E-state index contributed by atoms with van der Waals surface area (Å²) in [5, 5.41) is 0. The molecular weight excluding hydrogens is 176 g/mol. The molecular formula is C11H24N2O. The standard InChI is InChI=1S/C11H24N2O/c1-9(2)5-6-11(14)13(4)8-10(3)7-12/h9-10H,5-8,12H2,1-4H3. The average molecular weight is 200 g/mol. The van der Waals surface area contributed by atoms with Gasteiger partial charge in [-0.15, -0.1) is 0 Å². The zero-order chi connectivity index (χ0) is 11.1. The van der Waals surface area contributed by atoms with Crippen LogP contribution in [0.2, 0.25) is 0 Å². The van der Waals surface area contributed by atoms with Crippen molar-refractivity contribution in [1.82, 2.24) is 4.90 Å². The molecule has 0 saturated heterocycles. The van der Waals surface area contributed by atoms with Crippen LogP contribution in [0.15, 0.2) is 0 Å². The highest BCUT2D eigenvalue weighted by Crippen LogP contribution is 2.06. The zero-order valence-corrected chi connectivity index (χ0v) is 9.92. The fourth-order valence-electron chi connectivity index (χ4n) is 1.25. The van der Waals surface area contributed by atoms with Crippen molar-refractivity contribution in [2.45, 2.75) is 33.6 Å². The largest absolute Gasteiger partial charge is 0.345 e. The molecule has 2 N–H and O–H groups in total. The molecule has 0 spiro atoms. The van der Waals surface area contributed by atoms with Gasteiger partial charge in [0.1, 0.15) is 0 Å². The lowest BCUT2D eigenvalue weighted by Gasteiger charge is -2.21. The number of amides is 1. The van der Waals surface area contributed by atoms with Crippen molar-refractivity contribution in [2.75, 3.05) is 20.1 Å². The predicted molar refractivity (Wildman–Crippen MR) is 59.9 cm³/mol. The van der Waals surface area contributed by atoms with Gasteiger partial charge in [-0.25, -0.2) is 0 Å². The first-order valence-corrected chi connectivity index (χ1v) is 5.41. The molecule has 0 aromatic carbocycles. The quantitative estimate of drug-likeness (QED) is 0.706. The van der Waals surface area contributed by atoms with Gasteiger partial charge in [-0.05, 0) is 24.8 Å². The molecule has 3 nitrogen and oxygen atoms in total. The second-order valence-electron chi connectivity index (χ2n) is 4.55. The van der Waals surface area contributed by atoms with Crippen LogP contribution in [-0.2, 0) is 4.79 Å². The molecule has 0 aliphatic carbocycles. The monoisotopic (exact) mass is 200 g/mol. The number of carbonyl (C=O) groups excluding carboxylic acids is 1. The van der Waals surface area contributed by atoms with Gasteiger partial charge in [0.25, 0.3) is 0 Å². The van der Waals surface area contributed by atoms with Gasteiger partial charge >= 0.3 is 0 Å². The molecule has 3 heteroatoms. The van der Waals surface area contributed by atoms with E-state index in [9.17, 15) is 4.79 Å². The van der Waals surface area contributed by atoms with Gasteiger partial charge in [-0.3, -0.25) is 4.79 Å². The number of hydrogen-bond donors (Lipinski definition) is 1. The molecule has 0 saturated carbocycles. The summed E-state index contributed by atoms with van der Waals surface area (Å²) in [4.78, 5) is 13.4. The summed E-state index contributed by atoms with van der Waals surface area (Å²) in [6, 6.07) is 0. The Hall–Kier alpha value is -0.570. The van der Waals surface area contributed by atoms with E-state index in [1.807, 2.05) is 7.05 Å². The highest BCUT2D eigenvalue weighted by Gasteiger charge is 2.11. The lowest BCUT2D eigenvalue weighted by Crippen LogP contribution is -2.33. The molecule has 0 heterocycles. The van der Waals surface area contributed by atoms with Crippen LogP contribution in [0.1, 0.15) is 33.6 Å². The van der Waals surface area contributed by atoms with E-state index in [-0.39, 0.29) is 5.91 Å². The van der Waals surface area contributed by atoms with Crippen LogP contribution < -0.4 is 5.73 Å². The minimum absolute atomic E-state index is 0.235. The Bertz CT molecular complexity index is 169. The summed E-state index contributed by atoms with van der Waals surface area (Å²) in [5.41, 5.74) is 5.50. The number of rotatable bonds is 6. The molecule has 0 aliphatic heterocycles. The normalized spacial score (nSPS) is 13.0. The van der Waals surface area contributed by atoms with Crippen LogP contribution in [0.5, 0.6) is 0 Å². The van der Waals surface area contributed by atoms with Crippen LogP contribution in [0.25, 0.3) is 0 Å². The van der Waals surface area contributed by atoms with Gasteiger partial charge in [0.2, 0.25) is 5.91 Å². The summed E-state index contributed by atoms with van der Waals surface area (Å²) >= 11 is 0. The van der Waals surface area contributed by atoms with Crippen molar-refractivity contribution in [3.63, 3.8) is 0 Å². The van der Waals surface area contributed by atoms with Gasteiger partial charge < -0.3 is 10.6 Å². The molecule has 0 aromatic rings. The maximum Gasteiger partial charge on any atom is 0.222 e. The Morgan fingerprint density at radius 3 is 2.36 bits per heavy atom. The number of nitrogens with two attached hydrogens (primary N) is 1. The Labute approximate surface area is 87.6 Å². The van der Waals surface area contributed by atoms with Crippen LogP contribution in [0.3, 0.4) is 0 Å². The van der Waals surface area contributed by atoms with Crippen molar-refractivity contribution >= 4 is 5.91 Å². The van der Waals surface area contributed by atoms with E-state index >= 15 is 0 Å². The lowest BCUT2D eigenvalue weighted by atomic mass is 10.1. The van der Waals surface area contributed by atoms with E-state index < -0.39 is 0 Å². The highest BCUT2D eigenvalue weighted by molar-refractivity contribution is 5.75. The van der Waals surface area contributed by atoms with Crippen molar-refractivity contribution in [1.29, 1.82) is 0 Å². The average Bonchev–Trinajstić information content (AvgIpc) is 2.13. The summed E-state index contributed by atoms with van der Waals surface area (Å²) in [6.45, 7) is 7.74. The van der Waals surface area contributed by atoms with E-state index in [2.05, 4.69) is 20.8 Å². The van der Waals surface area contributed by atoms with Crippen LogP contribution >= 0.6 is 0 Å². The molecule has 0 radical (unpaired) electrons. The second kappa shape index (κ2) is 6.82. The Kier molecular flexibility index (Phi) is 6.54. The van der Waals surface area contributed by atoms with Gasteiger partial charge in [0.05, 0.1) is 0 Å². The maximum atomic E-state index is 11.6. The Balaban J connectivity index is 3.76. The Morgan fingerprint density at radius 1 is 1.36 bits per heavy atom. The van der Waals surface area contributed by atoms with Gasteiger partial charge in [-0.2, -0.15) is 0 Å². The molecule has 0 rings (SSSR count). The van der Waals surface area contributed by atoms with Crippen molar-refractivity contribution in [3.8, 4) is 0 Å². The third kappa shape index (κ3) is 5.97. The van der Waals surface area contributed by atoms with Gasteiger partial charge in [0, 0.05) is 20.0 Å². The first-order valence-electron chi connectivity index (χ1n) is 5.41. The first kappa shape index (κ1) is 13.4. The van der Waals surface area contributed by atoms with E-state index in [1.165, 1.54) is 0 Å². The number of carbonyl (C=O) groups is 1.